The lowest BCUT2D eigenvalue weighted by Gasteiger charge is -2.14. The molecule has 0 saturated heterocycles. The third-order valence-electron chi connectivity index (χ3n) is 3.51. The van der Waals surface area contributed by atoms with Gasteiger partial charge in [0.2, 0.25) is 0 Å². The zero-order chi connectivity index (χ0) is 17.4. The Morgan fingerprint density at radius 1 is 1.08 bits per heavy atom. The fourth-order valence-corrected chi connectivity index (χ4v) is 2.48. The van der Waals surface area contributed by atoms with Crippen molar-refractivity contribution in [2.75, 3.05) is 33.1 Å². The molecule has 2 aromatic carbocycles. The molecule has 2 N–H and O–H groups in total. The Kier molecular flexibility index (Phi) is 9.44. The number of rotatable bonds is 6. The second-order valence-corrected chi connectivity index (χ2v) is 5.44. The molecule has 2 aromatic rings. The van der Waals surface area contributed by atoms with Gasteiger partial charge < -0.3 is 20.1 Å². The summed E-state index contributed by atoms with van der Waals surface area (Å²) in [5.74, 6) is 2.02. The second kappa shape index (κ2) is 11.0. The molecule has 0 amide bonds. The first-order valence-electron chi connectivity index (χ1n) is 7.61. The molecule has 0 aliphatic carbocycles. The Balaban J connectivity index is 0.00000312. The van der Waals surface area contributed by atoms with Crippen LogP contribution in [0.2, 0.25) is 5.02 Å². The van der Waals surface area contributed by atoms with Gasteiger partial charge >= 0.3 is 0 Å². The van der Waals surface area contributed by atoms with E-state index in [0.29, 0.717) is 17.5 Å². The van der Waals surface area contributed by atoms with Gasteiger partial charge in [-0.25, -0.2) is 0 Å². The van der Waals surface area contributed by atoms with E-state index < -0.39 is 0 Å². The Morgan fingerprint density at radius 2 is 1.80 bits per heavy atom. The minimum Gasteiger partial charge on any atom is -0.493 e. The van der Waals surface area contributed by atoms with Crippen LogP contribution in [0.4, 0.5) is 5.69 Å². The number of aliphatic imine (C=N–C) groups is 1. The van der Waals surface area contributed by atoms with Crippen LogP contribution in [0.25, 0.3) is 0 Å². The number of anilines is 1. The Labute approximate surface area is 170 Å². The standard InChI is InChI=1S/C18H22ClN3O2.HI/c1-20-18(21-11-10-13-6-4-5-7-15(13)19)22-14-8-9-16(23-2)17(12-14)24-3;/h4-9,12H,10-11H2,1-3H3,(H2,20,21,22);1H. The van der Waals surface area contributed by atoms with Crippen molar-refractivity contribution in [3.8, 4) is 11.5 Å². The van der Waals surface area contributed by atoms with Crippen LogP contribution in [0, 0.1) is 0 Å². The van der Waals surface area contributed by atoms with E-state index in [1.165, 1.54) is 0 Å². The van der Waals surface area contributed by atoms with Crippen molar-refractivity contribution in [1.82, 2.24) is 5.32 Å². The summed E-state index contributed by atoms with van der Waals surface area (Å²) in [6.07, 6.45) is 0.812. The lowest BCUT2D eigenvalue weighted by atomic mass is 10.1. The number of halogens is 2. The zero-order valence-electron chi connectivity index (χ0n) is 14.5. The maximum atomic E-state index is 6.17. The molecule has 0 radical (unpaired) electrons. The van der Waals surface area contributed by atoms with Crippen LogP contribution in [-0.4, -0.2) is 33.8 Å². The van der Waals surface area contributed by atoms with Gasteiger partial charge in [0.25, 0.3) is 0 Å². The smallest absolute Gasteiger partial charge is 0.195 e. The number of benzene rings is 2. The van der Waals surface area contributed by atoms with Crippen molar-refractivity contribution < 1.29 is 9.47 Å². The zero-order valence-corrected chi connectivity index (χ0v) is 17.6. The van der Waals surface area contributed by atoms with Crippen LogP contribution in [0.3, 0.4) is 0 Å². The third kappa shape index (κ3) is 6.28. The van der Waals surface area contributed by atoms with Gasteiger partial charge in [-0.3, -0.25) is 4.99 Å². The molecule has 0 aromatic heterocycles. The fraction of sp³-hybridized carbons (Fsp3) is 0.278. The van der Waals surface area contributed by atoms with Gasteiger partial charge in [-0.05, 0) is 30.2 Å². The van der Waals surface area contributed by atoms with E-state index in [9.17, 15) is 0 Å². The average Bonchev–Trinajstić information content (AvgIpc) is 2.62. The summed E-state index contributed by atoms with van der Waals surface area (Å²) in [6.45, 7) is 0.719. The number of hydrogen-bond donors (Lipinski definition) is 2. The third-order valence-corrected chi connectivity index (χ3v) is 3.88. The van der Waals surface area contributed by atoms with Crippen LogP contribution >= 0.6 is 35.6 Å². The van der Waals surface area contributed by atoms with Crippen LogP contribution in [0.15, 0.2) is 47.5 Å². The van der Waals surface area contributed by atoms with E-state index in [-0.39, 0.29) is 24.0 Å². The number of nitrogens with zero attached hydrogens (tertiary/aromatic N) is 1. The molecular weight excluding hydrogens is 453 g/mol. The summed E-state index contributed by atoms with van der Waals surface area (Å²) < 4.78 is 10.5. The van der Waals surface area contributed by atoms with E-state index in [4.69, 9.17) is 21.1 Å². The topological polar surface area (TPSA) is 54.9 Å². The first-order valence-corrected chi connectivity index (χ1v) is 7.99. The highest BCUT2D eigenvalue weighted by Gasteiger charge is 2.06. The van der Waals surface area contributed by atoms with E-state index in [2.05, 4.69) is 15.6 Å². The number of nitrogens with one attached hydrogen (secondary N) is 2. The van der Waals surface area contributed by atoms with Gasteiger partial charge in [0.05, 0.1) is 14.2 Å². The second-order valence-electron chi connectivity index (χ2n) is 5.04. The van der Waals surface area contributed by atoms with Gasteiger partial charge in [0.15, 0.2) is 17.5 Å². The summed E-state index contributed by atoms with van der Waals surface area (Å²) in [5.41, 5.74) is 1.96. The molecule has 5 nitrogen and oxygen atoms in total. The molecule has 0 heterocycles. The summed E-state index contributed by atoms with van der Waals surface area (Å²) >= 11 is 6.17. The molecule has 0 atom stereocenters. The van der Waals surface area contributed by atoms with Crippen molar-refractivity contribution in [3.05, 3.63) is 53.1 Å². The number of guanidine groups is 1. The predicted molar refractivity (Wildman–Crippen MR) is 115 cm³/mol. The SMILES string of the molecule is CN=C(NCCc1ccccc1Cl)Nc1ccc(OC)c(OC)c1.I. The molecule has 0 aliphatic rings. The first-order chi connectivity index (χ1) is 11.7. The predicted octanol–water partition coefficient (Wildman–Crippen LogP) is 4.21. The van der Waals surface area contributed by atoms with Crippen molar-refractivity contribution in [2.45, 2.75) is 6.42 Å². The van der Waals surface area contributed by atoms with Crippen molar-refractivity contribution >= 4 is 47.2 Å². The van der Waals surface area contributed by atoms with E-state index in [1.54, 1.807) is 21.3 Å². The monoisotopic (exact) mass is 475 g/mol. The molecule has 0 bridgehead atoms. The molecule has 2 rings (SSSR count). The molecule has 0 fully saturated rings. The van der Waals surface area contributed by atoms with Crippen LogP contribution in [-0.2, 0) is 6.42 Å². The molecule has 0 spiro atoms. The molecule has 136 valence electrons. The average molecular weight is 476 g/mol. The quantitative estimate of drug-likeness (QED) is 0.373. The maximum absolute atomic E-state index is 6.17. The summed E-state index contributed by atoms with van der Waals surface area (Å²) in [4.78, 5) is 4.22. The first kappa shape index (κ1) is 21.4. The van der Waals surface area contributed by atoms with Crippen LogP contribution in [0.1, 0.15) is 5.56 Å². The normalized spacial score (nSPS) is 10.6. The van der Waals surface area contributed by atoms with Crippen molar-refractivity contribution in [3.63, 3.8) is 0 Å². The van der Waals surface area contributed by atoms with Crippen LogP contribution in [0.5, 0.6) is 11.5 Å². The van der Waals surface area contributed by atoms with Gasteiger partial charge in [0.1, 0.15) is 0 Å². The lowest BCUT2D eigenvalue weighted by Crippen LogP contribution is -2.32. The molecular formula is C18H23ClIN3O2. The van der Waals surface area contributed by atoms with Gasteiger partial charge in [0, 0.05) is 30.4 Å². The van der Waals surface area contributed by atoms with Gasteiger partial charge in [-0.2, -0.15) is 0 Å². The summed E-state index contributed by atoms with van der Waals surface area (Å²) in [7, 11) is 4.95. The van der Waals surface area contributed by atoms with E-state index >= 15 is 0 Å². The van der Waals surface area contributed by atoms with Gasteiger partial charge in [-0.1, -0.05) is 29.8 Å². The largest absolute Gasteiger partial charge is 0.493 e. The van der Waals surface area contributed by atoms with E-state index in [0.717, 1.165) is 29.2 Å². The summed E-state index contributed by atoms with van der Waals surface area (Å²) in [5, 5.41) is 7.27. The highest BCUT2D eigenvalue weighted by atomic mass is 127. The Bertz CT molecular complexity index is 710. The highest BCUT2D eigenvalue weighted by molar-refractivity contribution is 14.0. The summed E-state index contributed by atoms with van der Waals surface area (Å²) in [6, 6.07) is 13.4. The molecule has 7 heteroatoms. The van der Waals surface area contributed by atoms with E-state index in [1.807, 2.05) is 42.5 Å². The lowest BCUT2D eigenvalue weighted by molar-refractivity contribution is 0.355. The Morgan fingerprint density at radius 3 is 2.44 bits per heavy atom. The molecule has 0 aliphatic heterocycles. The fourth-order valence-electron chi connectivity index (χ4n) is 2.25. The number of hydrogen-bond acceptors (Lipinski definition) is 3. The molecule has 0 saturated carbocycles. The van der Waals surface area contributed by atoms with Crippen molar-refractivity contribution in [2.24, 2.45) is 4.99 Å². The Hall–Kier alpha value is -1.67. The molecule has 25 heavy (non-hydrogen) atoms. The number of ether oxygens (including phenoxy) is 2. The van der Waals surface area contributed by atoms with Crippen molar-refractivity contribution in [1.29, 1.82) is 0 Å². The minimum absolute atomic E-state index is 0. The van der Waals surface area contributed by atoms with Crippen LogP contribution < -0.4 is 20.1 Å². The highest BCUT2D eigenvalue weighted by Crippen LogP contribution is 2.29. The minimum atomic E-state index is 0. The van der Waals surface area contributed by atoms with Gasteiger partial charge in [-0.15, -0.1) is 24.0 Å². The number of methoxy groups -OCH3 is 2. The maximum Gasteiger partial charge on any atom is 0.195 e. The molecule has 0 unspecified atom stereocenters.